The summed E-state index contributed by atoms with van der Waals surface area (Å²) in [6.07, 6.45) is 2.45. The van der Waals surface area contributed by atoms with Crippen LogP contribution in [0.2, 0.25) is 0 Å². The van der Waals surface area contributed by atoms with E-state index in [0.29, 0.717) is 11.3 Å². The van der Waals surface area contributed by atoms with Gasteiger partial charge in [-0.25, -0.2) is 4.39 Å². The second kappa shape index (κ2) is 3.32. The van der Waals surface area contributed by atoms with Crippen LogP contribution in [0.1, 0.15) is 26.7 Å². The number of halogens is 1. The molecule has 0 aromatic carbocycles. The molecular formula is C12H18FNO. The molecule has 2 fully saturated rings. The molecule has 0 aromatic heterocycles. The lowest BCUT2D eigenvalue weighted by Gasteiger charge is -2.62. The Labute approximate surface area is 90.1 Å². The molecule has 0 N–H and O–H groups in total. The Morgan fingerprint density at radius 2 is 2.13 bits per heavy atom. The Kier molecular flexibility index (Phi) is 2.36. The number of hydrogen-bond donors (Lipinski definition) is 0. The van der Waals surface area contributed by atoms with Crippen LogP contribution < -0.4 is 0 Å². The van der Waals surface area contributed by atoms with Crippen molar-refractivity contribution in [3.63, 3.8) is 0 Å². The van der Waals surface area contributed by atoms with Gasteiger partial charge in [0.1, 0.15) is 0 Å². The molecule has 1 unspecified atom stereocenters. The maximum Gasteiger partial charge on any atom is 0.282 e. The fourth-order valence-corrected chi connectivity index (χ4v) is 3.18. The molecule has 2 rings (SSSR count). The highest BCUT2D eigenvalue weighted by molar-refractivity contribution is 5.91. The summed E-state index contributed by atoms with van der Waals surface area (Å²) in [6, 6.07) is 0. The molecule has 0 bridgehead atoms. The summed E-state index contributed by atoms with van der Waals surface area (Å²) in [7, 11) is 0. The predicted octanol–water partition coefficient (Wildman–Crippen LogP) is 2.36. The van der Waals surface area contributed by atoms with Gasteiger partial charge in [0, 0.05) is 18.5 Å². The Balaban J connectivity index is 1.93. The molecule has 1 saturated carbocycles. The third-order valence-corrected chi connectivity index (χ3v) is 4.08. The first-order valence-electron chi connectivity index (χ1n) is 5.60. The molecule has 1 aliphatic carbocycles. The van der Waals surface area contributed by atoms with Crippen molar-refractivity contribution in [1.82, 2.24) is 4.90 Å². The Bertz CT molecular complexity index is 305. The second-order valence-electron chi connectivity index (χ2n) is 5.32. The van der Waals surface area contributed by atoms with Gasteiger partial charge in [0.25, 0.3) is 5.91 Å². The Hall–Kier alpha value is -0.860. The average molecular weight is 211 g/mol. The lowest BCUT2D eigenvalue weighted by Crippen LogP contribution is -2.66. The highest BCUT2D eigenvalue weighted by Gasteiger charge is 2.56. The van der Waals surface area contributed by atoms with Crippen molar-refractivity contribution in [2.45, 2.75) is 26.7 Å². The summed E-state index contributed by atoms with van der Waals surface area (Å²) in [6.45, 7) is 8.97. The molecule has 2 nitrogen and oxygen atoms in total. The number of amides is 1. The van der Waals surface area contributed by atoms with Gasteiger partial charge in [-0.2, -0.15) is 0 Å². The van der Waals surface area contributed by atoms with Crippen molar-refractivity contribution >= 4 is 5.91 Å². The van der Waals surface area contributed by atoms with E-state index in [1.165, 1.54) is 12.8 Å². The number of rotatable bonds is 2. The third-order valence-electron chi connectivity index (χ3n) is 4.08. The molecule has 15 heavy (non-hydrogen) atoms. The lowest BCUT2D eigenvalue weighted by molar-refractivity contribution is -0.162. The van der Waals surface area contributed by atoms with Crippen molar-refractivity contribution < 1.29 is 9.18 Å². The van der Waals surface area contributed by atoms with Crippen LogP contribution in [-0.4, -0.2) is 23.9 Å². The highest BCUT2D eigenvalue weighted by Crippen LogP contribution is 2.55. The summed E-state index contributed by atoms with van der Waals surface area (Å²) in [5.74, 6) is 0.0410. The van der Waals surface area contributed by atoms with Gasteiger partial charge in [0.05, 0.1) is 0 Å². The number of hydrogen-bond acceptors (Lipinski definition) is 1. The van der Waals surface area contributed by atoms with E-state index in [1.807, 2.05) is 0 Å². The molecule has 1 aliphatic heterocycles. The van der Waals surface area contributed by atoms with Crippen molar-refractivity contribution in [2.24, 2.45) is 17.3 Å². The van der Waals surface area contributed by atoms with Gasteiger partial charge in [-0.1, -0.05) is 20.4 Å². The monoisotopic (exact) mass is 211 g/mol. The normalized spacial score (nSPS) is 27.5. The van der Waals surface area contributed by atoms with Gasteiger partial charge in [-0.15, -0.1) is 0 Å². The number of carbonyl (C=O) groups is 1. The second-order valence-corrected chi connectivity index (χ2v) is 5.32. The molecule has 1 spiro atoms. The van der Waals surface area contributed by atoms with E-state index in [4.69, 9.17) is 0 Å². The maximum atomic E-state index is 12.6. The standard InChI is InChI=1S/C12H18FNO/c1-8(2)10-4-5-12(10)6-14(7-12)11(15)9(3)13/h8,10H,3-7H2,1-2H3. The van der Waals surface area contributed by atoms with Gasteiger partial charge in [0.15, 0.2) is 5.83 Å². The van der Waals surface area contributed by atoms with Crippen LogP contribution in [0.25, 0.3) is 0 Å². The first kappa shape index (κ1) is 10.7. The van der Waals surface area contributed by atoms with E-state index in [2.05, 4.69) is 20.4 Å². The smallest absolute Gasteiger partial charge is 0.282 e. The molecule has 84 valence electrons. The number of carbonyl (C=O) groups excluding carboxylic acids is 1. The summed E-state index contributed by atoms with van der Waals surface area (Å²) in [5.41, 5.74) is 0.319. The van der Waals surface area contributed by atoms with Crippen LogP contribution >= 0.6 is 0 Å². The minimum absolute atomic E-state index is 0.319. The first-order chi connectivity index (χ1) is 6.96. The minimum Gasteiger partial charge on any atom is -0.335 e. The summed E-state index contributed by atoms with van der Waals surface area (Å²) in [4.78, 5) is 12.9. The SMILES string of the molecule is C=C(F)C(=O)N1CC2(CCC2C(C)C)C1. The summed E-state index contributed by atoms with van der Waals surface area (Å²) in [5, 5.41) is 0. The van der Waals surface area contributed by atoms with E-state index < -0.39 is 11.7 Å². The van der Waals surface area contributed by atoms with E-state index in [-0.39, 0.29) is 0 Å². The molecule has 0 aromatic rings. The highest BCUT2D eigenvalue weighted by atomic mass is 19.1. The minimum atomic E-state index is -0.828. The quantitative estimate of drug-likeness (QED) is 0.642. The topological polar surface area (TPSA) is 20.3 Å². The van der Waals surface area contributed by atoms with Gasteiger partial charge in [0.2, 0.25) is 0 Å². The molecule has 0 radical (unpaired) electrons. The maximum absolute atomic E-state index is 12.6. The molecular weight excluding hydrogens is 193 g/mol. The van der Waals surface area contributed by atoms with E-state index in [0.717, 1.165) is 19.0 Å². The van der Waals surface area contributed by atoms with Crippen molar-refractivity contribution in [3.8, 4) is 0 Å². The van der Waals surface area contributed by atoms with E-state index in [9.17, 15) is 9.18 Å². The summed E-state index contributed by atoms with van der Waals surface area (Å²) < 4.78 is 12.6. The van der Waals surface area contributed by atoms with Gasteiger partial charge in [-0.05, 0) is 24.7 Å². The third kappa shape index (κ3) is 1.48. The zero-order valence-corrected chi connectivity index (χ0v) is 9.42. The van der Waals surface area contributed by atoms with E-state index >= 15 is 0 Å². The van der Waals surface area contributed by atoms with Gasteiger partial charge < -0.3 is 4.90 Å². The number of nitrogens with zero attached hydrogens (tertiary/aromatic N) is 1. The molecule has 2 aliphatic rings. The van der Waals surface area contributed by atoms with Crippen molar-refractivity contribution in [1.29, 1.82) is 0 Å². The van der Waals surface area contributed by atoms with Crippen LogP contribution in [0.5, 0.6) is 0 Å². The van der Waals surface area contributed by atoms with Crippen LogP contribution in [0, 0.1) is 17.3 Å². The molecule has 1 saturated heterocycles. The molecule has 1 amide bonds. The zero-order valence-electron chi connectivity index (χ0n) is 9.42. The fourth-order valence-electron chi connectivity index (χ4n) is 3.18. The van der Waals surface area contributed by atoms with Gasteiger partial charge >= 0.3 is 0 Å². The lowest BCUT2D eigenvalue weighted by atomic mass is 9.52. The van der Waals surface area contributed by atoms with E-state index in [1.54, 1.807) is 4.90 Å². The van der Waals surface area contributed by atoms with Crippen LogP contribution in [0.4, 0.5) is 4.39 Å². The molecule has 3 heteroatoms. The predicted molar refractivity (Wildman–Crippen MR) is 56.8 cm³/mol. The van der Waals surface area contributed by atoms with Gasteiger partial charge in [-0.3, -0.25) is 4.79 Å². The summed E-state index contributed by atoms with van der Waals surface area (Å²) >= 11 is 0. The van der Waals surface area contributed by atoms with Crippen molar-refractivity contribution in [3.05, 3.63) is 12.4 Å². The van der Waals surface area contributed by atoms with Crippen molar-refractivity contribution in [2.75, 3.05) is 13.1 Å². The van der Waals surface area contributed by atoms with Crippen LogP contribution in [-0.2, 0) is 4.79 Å². The fraction of sp³-hybridized carbons (Fsp3) is 0.750. The molecule has 1 heterocycles. The van der Waals surface area contributed by atoms with Crippen LogP contribution in [0.3, 0.4) is 0 Å². The first-order valence-corrected chi connectivity index (χ1v) is 5.60. The number of likely N-dealkylation sites (tertiary alicyclic amines) is 1. The average Bonchev–Trinajstić information content (AvgIpc) is 1.97. The van der Waals surface area contributed by atoms with Crippen LogP contribution in [0.15, 0.2) is 12.4 Å². The largest absolute Gasteiger partial charge is 0.335 e. The molecule has 1 atom stereocenters. The Morgan fingerprint density at radius 3 is 2.47 bits per heavy atom. The zero-order chi connectivity index (χ0) is 11.2. The Morgan fingerprint density at radius 1 is 1.53 bits per heavy atom.